The number of carbonyl (C=O) groups excluding carboxylic acids is 1. The number of ether oxygens (including phenoxy) is 1. The van der Waals surface area contributed by atoms with E-state index >= 15 is 0 Å². The minimum absolute atomic E-state index is 0.156. The van der Waals surface area contributed by atoms with Gasteiger partial charge >= 0.3 is 0 Å². The zero-order valence-electron chi connectivity index (χ0n) is 16.9. The molecule has 1 aliphatic rings. The van der Waals surface area contributed by atoms with Crippen LogP contribution in [-0.4, -0.2) is 28.4 Å². The monoisotopic (exact) mass is 406 g/mol. The molecule has 1 aromatic heterocycles. The second-order valence-corrected chi connectivity index (χ2v) is 8.35. The topological polar surface area (TPSA) is 42.4 Å². The van der Waals surface area contributed by atoms with Crippen LogP contribution < -0.4 is 4.74 Å². The number of hydrogen-bond acceptors (Lipinski definition) is 4. The fourth-order valence-corrected chi connectivity index (χ4v) is 4.24. The van der Waals surface area contributed by atoms with Crippen LogP contribution in [0.2, 0.25) is 0 Å². The predicted molar refractivity (Wildman–Crippen MR) is 117 cm³/mol. The van der Waals surface area contributed by atoms with Crippen molar-refractivity contribution >= 4 is 17.2 Å². The van der Waals surface area contributed by atoms with Crippen LogP contribution in [0.25, 0.3) is 10.6 Å². The molecule has 0 unspecified atom stereocenters. The molecule has 1 aliphatic carbocycles. The first-order valence-electron chi connectivity index (χ1n) is 10.2. The minimum atomic E-state index is 0.156. The van der Waals surface area contributed by atoms with Crippen LogP contribution in [0.15, 0.2) is 53.9 Å². The average Bonchev–Trinajstić information content (AvgIpc) is 3.46. The largest absolute Gasteiger partial charge is 0.493 e. The number of carbonyl (C=O) groups is 1. The Labute approximate surface area is 176 Å². The van der Waals surface area contributed by atoms with E-state index in [0.717, 1.165) is 34.9 Å². The fraction of sp³-hybridized carbons (Fsp3) is 0.333. The number of aryl methyl sites for hydroxylation is 1. The number of amides is 1. The van der Waals surface area contributed by atoms with Crippen LogP contribution in [0.4, 0.5) is 0 Å². The third-order valence-electron chi connectivity index (χ3n) is 5.08. The van der Waals surface area contributed by atoms with E-state index in [4.69, 9.17) is 9.72 Å². The van der Waals surface area contributed by atoms with Crippen molar-refractivity contribution in [2.45, 2.75) is 45.7 Å². The SMILES string of the molecule is CCOc1ccccc1-c1nc(CC(=O)N(Cc2ccc(C)cc2)C2CC2)cs1. The molecule has 5 heteroatoms. The zero-order chi connectivity index (χ0) is 20.2. The Kier molecular flexibility index (Phi) is 5.95. The van der Waals surface area contributed by atoms with Crippen molar-refractivity contribution in [2.75, 3.05) is 6.61 Å². The normalized spacial score (nSPS) is 13.3. The molecule has 0 atom stereocenters. The Hall–Kier alpha value is -2.66. The van der Waals surface area contributed by atoms with Gasteiger partial charge in [0, 0.05) is 18.0 Å². The molecule has 1 saturated carbocycles. The van der Waals surface area contributed by atoms with Crippen LogP contribution in [0.1, 0.15) is 36.6 Å². The minimum Gasteiger partial charge on any atom is -0.493 e. The molecule has 4 rings (SSSR count). The van der Waals surface area contributed by atoms with E-state index in [-0.39, 0.29) is 5.91 Å². The highest BCUT2D eigenvalue weighted by Gasteiger charge is 2.32. The fourth-order valence-electron chi connectivity index (χ4n) is 3.39. The third kappa shape index (κ3) is 4.85. The van der Waals surface area contributed by atoms with Crippen LogP contribution >= 0.6 is 11.3 Å². The summed E-state index contributed by atoms with van der Waals surface area (Å²) in [5.41, 5.74) is 4.23. The van der Waals surface area contributed by atoms with Crippen molar-refractivity contribution in [2.24, 2.45) is 0 Å². The maximum atomic E-state index is 13.0. The number of para-hydroxylation sites is 1. The summed E-state index contributed by atoms with van der Waals surface area (Å²) in [4.78, 5) is 19.8. The van der Waals surface area contributed by atoms with Crippen LogP contribution in [0, 0.1) is 6.92 Å². The summed E-state index contributed by atoms with van der Waals surface area (Å²) in [6.07, 6.45) is 2.54. The molecule has 1 fully saturated rings. The highest BCUT2D eigenvalue weighted by molar-refractivity contribution is 7.13. The Bertz CT molecular complexity index is 977. The van der Waals surface area contributed by atoms with Gasteiger partial charge in [0.15, 0.2) is 0 Å². The second kappa shape index (κ2) is 8.78. The van der Waals surface area contributed by atoms with E-state index in [1.165, 1.54) is 11.1 Å². The summed E-state index contributed by atoms with van der Waals surface area (Å²) < 4.78 is 5.73. The van der Waals surface area contributed by atoms with Gasteiger partial charge in [0.2, 0.25) is 5.91 Å². The van der Waals surface area contributed by atoms with Gasteiger partial charge in [0.05, 0.1) is 24.3 Å². The lowest BCUT2D eigenvalue weighted by Gasteiger charge is -2.22. The molecule has 1 amide bonds. The first-order valence-corrected chi connectivity index (χ1v) is 11.0. The summed E-state index contributed by atoms with van der Waals surface area (Å²) >= 11 is 1.56. The van der Waals surface area contributed by atoms with E-state index in [9.17, 15) is 4.79 Å². The van der Waals surface area contributed by atoms with Crippen molar-refractivity contribution in [3.05, 3.63) is 70.7 Å². The summed E-state index contributed by atoms with van der Waals surface area (Å²) in [6, 6.07) is 16.7. The van der Waals surface area contributed by atoms with Gasteiger partial charge in [-0.2, -0.15) is 0 Å². The highest BCUT2D eigenvalue weighted by atomic mass is 32.1. The van der Waals surface area contributed by atoms with Gasteiger partial charge in [-0.3, -0.25) is 4.79 Å². The van der Waals surface area contributed by atoms with Crippen molar-refractivity contribution in [1.29, 1.82) is 0 Å². The van der Waals surface area contributed by atoms with Crippen molar-refractivity contribution < 1.29 is 9.53 Å². The third-order valence-corrected chi connectivity index (χ3v) is 6.01. The van der Waals surface area contributed by atoms with Gasteiger partial charge in [0.25, 0.3) is 0 Å². The molecule has 3 aromatic rings. The smallest absolute Gasteiger partial charge is 0.229 e. The molecule has 0 spiro atoms. The number of aromatic nitrogens is 1. The molecule has 2 aromatic carbocycles. The Morgan fingerprint density at radius 1 is 1.17 bits per heavy atom. The van der Waals surface area contributed by atoms with Gasteiger partial charge < -0.3 is 9.64 Å². The van der Waals surface area contributed by atoms with Crippen molar-refractivity contribution in [3.8, 4) is 16.3 Å². The lowest BCUT2D eigenvalue weighted by molar-refractivity contribution is -0.131. The second-order valence-electron chi connectivity index (χ2n) is 7.49. The quantitative estimate of drug-likeness (QED) is 0.513. The highest BCUT2D eigenvalue weighted by Crippen LogP contribution is 2.33. The van der Waals surface area contributed by atoms with E-state index in [0.29, 0.717) is 25.6 Å². The average molecular weight is 407 g/mol. The molecule has 0 aliphatic heterocycles. The van der Waals surface area contributed by atoms with Crippen LogP contribution in [0.3, 0.4) is 0 Å². The Morgan fingerprint density at radius 3 is 2.66 bits per heavy atom. The van der Waals surface area contributed by atoms with Gasteiger partial charge in [0.1, 0.15) is 10.8 Å². The Balaban J connectivity index is 1.47. The maximum Gasteiger partial charge on any atom is 0.229 e. The predicted octanol–water partition coefficient (Wildman–Crippen LogP) is 5.25. The molecule has 0 N–H and O–H groups in total. The molecule has 29 heavy (non-hydrogen) atoms. The molecular weight excluding hydrogens is 380 g/mol. The van der Waals surface area contributed by atoms with Gasteiger partial charge in [-0.15, -0.1) is 11.3 Å². The molecule has 0 saturated heterocycles. The number of rotatable bonds is 8. The number of benzene rings is 2. The molecule has 0 radical (unpaired) electrons. The standard InChI is InChI=1S/C24H26N2O2S/c1-3-28-22-7-5-4-6-21(22)24-25-19(16-29-24)14-23(27)26(20-12-13-20)15-18-10-8-17(2)9-11-18/h4-11,16,20H,3,12-15H2,1-2H3. The van der Waals surface area contributed by atoms with Crippen LogP contribution in [0.5, 0.6) is 5.75 Å². The molecule has 150 valence electrons. The first kappa shape index (κ1) is 19.6. The molecule has 4 nitrogen and oxygen atoms in total. The van der Waals surface area contributed by atoms with Gasteiger partial charge in [-0.1, -0.05) is 42.0 Å². The van der Waals surface area contributed by atoms with Crippen molar-refractivity contribution in [3.63, 3.8) is 0 Å². The number of nitrogens with zero attached hydrogens (tertiary/aromatic N) is 2. The Morgan fingerprint density at radius 2 is 1.93 bits per heavy atom. The van der Waals surface area contributed by atoms with Gasteiger partial charge in [-0.05, 0) is 44.4 Å². The summed E-state index contributed by atoms with van der Waals surface area (Å²) in [7, 11) is 0. The molecule has 1 heterocycles. The van der Waals surface area contributed by atoms with Gasteiger partial charge in [-0.25, -0.2) is 4.98 Å². The number of thiazole rings is 1. The zero-order valence-corrected chi connectivity index (χ0v) is 17.7. The summed E-state index contributed by atoms with van der Waals surface area (Å²) in [5, 5.41) is 2.89. The number of hydrogen-bond donors (Lipinski definition) is 0. The van der Waals surface area contributed by atoms with Crippen molar-refractivity contribution in [1.82, 2.24) is 9.88 Å². The van der Waals surface area contributed by atoms with E-state index < -0.39 is 0 Å². The van der Waals surface area contributed by atoms with E-state index in [1.54, 1.807) is 11.3 Å². The van der Waals surface area contributed by atoms with E-state index in [1.807, 2.05) is 41.5 Å². The summed E-state index contributed by atoms with van der Waals surface area (Å²) in [6.45, 7) is 5.34. The van der Waals surface area contributed by atoms with E-state index in [2.05, 4.69) is 31.2 Å². The molecule has 0 bridgehead atoms. The first-order chi connectivity index (χ1) is 14.1. The maximum absolute atomic E-state index is 13.0. The summed E-state index contributed by atoms with van der Waals surface area (Å²) in [5.74, 6) is 0.990. The lowest BCUT2D eigenvalue weighted by Crippen LogP contribution is -2.33. The van der Waals surface area contributed by atoms with Crippen LogP contribution in [-0.2, 0) is 17.8 Å². The lowest BCUT2D eigenvalue weighted by atomic mass is 10.1. The molecular formula is C24H26N2O2S.